The number of aryl methyl sites for hydroxylation is 2. The number of hydrogen-bond acceptors (Lipinski definition) is 1. The minimum atomic E-state index is -0.230. The predicted molar refractivity (Wildman–Crippen MR) is 91.9 cm³/mol. The van der Waals surface area contributed by atoms with E-state index in [-0.39, 0.29) is 7.92 Å². The van der Waals surface area contributed by atoms with Gasteiger partial charge < -0.3 is 0 Å². The molecule has 2 aromatic carbocycles. The van der Waals surface area contributed by atoms with Gasteiger partial charge >= 0.3 is 0 Å². The lowest BCUT2D eigenvalue weighted by atomic mass is 10.2. The van der Waals surface area contributed by atoms with E-state index >= 15 is 0 Å². The Labute approximate surface area is 123 Å². The van der Waals surface area contributed by atoms with Gasteiger partial charge in [-0.25, -0.2) is 0 Å². The summed E-state index contributed by atoms with van der Waals surface area (Å²) in [4.78, 5) is 0. The summed E-state index contributed by atoms with van der Waals surface area (Å²) in [6.07, 6.45) is 2.40. The van der Waals surface area contributed by atoms with Gasteiger partial charge in [0.05, 0.1) is 0 Å². The summed E-state index contributed by atoms with van der Waals surface area (Å²) in [5, 5.41) is 2.96. The second-order valence-electron chi connectivity index (χ2n) is 4.90. The highest BCUT2D eigenvalue weighted by atomic mass is 32.1. The fraction of sp³-hybridized carbons (Fsp3) is 0.294. The van der Waals surface area contributed by atoms with Crippen molar-refractivity contribution in [1.82, 2.24) is 0 Å². The molecule has 0 nitrogen and oxygen atoms in total. The van der Waals surface area contributed by atoms with Crippen LogP contribution in [0.25, 0.3) is 0 Å². The number of hydrogen-bond donors (Lipinski definition) is 1. The molecule has 19 heavy (non-hydrogen) atoms. The molecule has 0 atom stereocenters. The fourth-order valence-electron chi connectivity index (χ4n) is 2.09. The van der Waals surface area contributed by atoms with Crippen molar-refractivity contribution in [1.29, 1.82) is 0 Å². The zero-order chi connectivity index (χ0) is 13.7. The highest BCUT2D eigenvalue weighted by Crippen LogP contribution is 2.34. The third-order valence-corrected chi connectivity index (χ3v) is 6.15. The van der Waals surface area contributed by atoms with Crippen LogP contribution >= 0.6 is 20.6 Å². The molecule has 0 spiro atoms. The first-order valence-electron chi connectivity index (χ1n) is 6.72. The van der Waals surface area contributed by atoms with Crippen molar-refractivity contribution in [3.8, 4) is 0 Å². The van der Waals surface area contributed by atoms with E-state index < -0.39 is 0 Å². The van der Waals surface area contributed by atoms with Crippen LogP contribution in [0.4, 0.5) is 0 Å². The average molecular weight is 288 g/mol. The van der Waals surface area contributed by atoms with Crippen molar-refractivity contribution in [2.75, 3.05) is 11.9 Å². The maximum Gasteiger partial charge on any atom is -0.00943 e. The van der Waals surface area contributed by atoms with Crippen molar-refractivity contribution < 1.29 is 0 Å². The van der Waals surface area contributed by atoms with E-state index in [4.69, 9.17) is 0 Å². The lowest BCUT2D eigenvalue weighted by Gasteiger charge is -2.18. The van der Waals surface area contributed by atoms with Crippen LogP contribution in [0.15, 0.2) is 48.5 Å². The van der Waals surface area contributed by atoms with Gasteiger partial charge in [0.2, 0.25) is 0 Å². The molecule has 2 rings (SSSR count). The zero-order valence-electron chi connectivity index (χ0n) is 11.6. The molecule has 0 radical (unpaired) electrons. The molecule has 0 fully saturated rings. The number of rotatable bonds is 5. The van der Waals surface area contributed by atoms with E-state index in [9.17, 15) is 0 Å². The predicted octanol–water partition coefficient (Wildman–Crippen LogP) is 4.06. The van der Waals surface area contributed by atoms with Crippen LogP contribution in [-0.2, 0) is 0 Å². The van der Waals surface area contributed by atoms with Crippen LogP contribution in [0.1, 0.15) is 17.5 Å². The Morgan fingerprint density at radius 2 is 1.21 bits per heavy atom. The van der Waals surface area contributed by atoms with E-state index in [0.717, 1.165) is 5.75 Å². The molecule has 0 aliphatic heterocycles. The Hall–Kier alpha value is -0.780. The maximum absolute atomic E-state index is 4.36. The normalized spacial score (nSPS) is 10.9. The third kappa shape index (κ3) is 4.09. The topological polar surface area (TPSA) is 0 Å². The lowest BCUT2D eigenvalue weighted by molar-refractivity contribution is 1.12. The number of benzene rings is 2. The molecule has 0 unspecified atom stereocenters. The van der Waals surface area contributed by atoms with Crippen molar-refractivity contribution in [2.24, 2.45) is 0 Å². The van der Waals surface area contributed by atoms with Gasteiger partial charge in [-0.2, -0.15) is 12.6 Å². The largest absolute Gasteiger partial charge is 0.179 e. The zero-order valence-corrected chi connectivity index (χ0v) is 13.4. The Kier molecular flexibility index (Phi) is 5.48. The minimum Gasteiger partial charge on any atom is -0.179 e. The van der Waals surface area contributed by atoms with Crippen molar-refractivity contribution in [2.45, 2.75) is 20.3 Å². The summed E-state index contributed by atoms with van der Waals surface area (Å²) < 4.78 is 0. The van der Waals surface area contributed by atoms with Crippen LogP contribution < -0.4 is 10.6 Å². The Morgan fingerprint density at radius 3 is 1.58 bits per heavy atom. The molecule has 0 N–H and O–H groups in total. The monoisotopic (exact) mass is 288 g/mol. The second-order valence-corrected chi connectivity index (χ2v) is 7.68. The molecule has 0 saturated carbocycles. The van der Waals surface area contributed by atoms with E-state index in [1.54, 1.807) is 0 Å². The summed E-state index contributed by atoms with van der Waals surface area (Å²) in [5.41, 5.74) is 2.66. The van der Waals surface area contributed by atoms with Crippen LogP contribution in [-0.4, -0.2) is 11.9 Å². The minimum absolute atomic E-state index is 0.230. The average Bonchev–Trinajstić information content (AvgIpc) is 2.43. The molecule has 0 heterocycles. The van der Waals surface area contributed by atoms with Gasteiger partial charge in [-0.15, -0.1) is 0 Å². The summed E-state index contributed by atoms with van der Waals surface area (Å²) in [5.74, 6) is 0.969. The molecule has 0 saturated heterocycles. The van der Waals surface area contributed by atoms with Crippen molar-refractivity contribution in [3.63, 3.8) is 0 Å². The molecular formula is C17H21PS. The first kappa shape index (κ1) is 14.6. The number of thiol groups is 1. The molecule has 0 aliphatic rings. The standard InChI is InChI=1S/C17H21PS/c1-14-4-8-16(9-5-14)18(12-3-13-19)17-10-6-15(2)7-11-17/h4-11,19H,3,12-13H2,1-2H3. The van der Waals surface area contributed by atoms with Gasteiger partial charge in [0, 0.05) is 0 Å². The Bertz CT molecular complexity index is 456. The van der Waals surface area contributed by atoms with Crippen LogP contribution in [0.5, 0.6) is 0 Å². The van der Waals surface area contributed by atoms with E-state index in [1.807, 2.05) is 0 Å². The Morgan fingerprint density at radius 1 is 0.789 bits per heavy atom. The highest BCUT2D eigenvalue weighted by Gasteiger charge is 2.12. The van der Waals surface area contributed by atoms with E-state index in [1.165, 1.54) is 34.3 Å². The summed E-state index contributed by atoms with van der Waals surface area (Å²) >= 11 is 4.36. The third-order valence-electron chi connectivity index (χ3n) is 3.23. The van der Waals surface area contributed by atoms with Gasteiger partial charge in [0.25, 0.3) is 0 Å². The first-order chi connectivity index (χ1) is 9.20. The summed E-state index contributed by atoms with van der Waals surface area (Å²) in [6.45, 7) is 4.29. The second kappa shape index (κ2) is 7.12. The van der Waals surface area contributed by atoms with Crippen molar-refractivity contribution >= 4 is 31.2 Å². The summed E-state index contributed by atoms with van der Waals surface area (Å²) in [6, 6.07) is 18.1. The van der Waals surface area contributed by atoms with Crippen molar-refractivity contribution in [3.05, 3.63) is 59.7 Å². The highest BCUT2D eigenvalue weighted by molar-refractivity contribution is 7.80. The molecular weight excluding hydrogens is 267 g/mol. The van der Waals surface area contributed by atoms with E-state index in [2.05, 4.69) is 75.0 Å². The molecule has 2 heteroatoms. The van der Waals surface area contributed by atoms with Crippen LogP contribution in [0.3, 0.4) is 0 Å². The van der Waals surface area contributed by atoms with Crippen LogP contribution in [0.2, 0.25) is 0 Å². The van der Waals surface area contributed by atoms with Gasteiger partial charge in [0.1, 0.15) is 0 Å². The van der Waals surface area contributed by atoms with Gasteiger partial charge in [0.15, 0.2) is 0 Å². The first-order valence-corrected chi connectivity index (χ1v) is 8.88. The van der Waals surface area contributed by atoms with Crippen LogP contribution in [0, 0.1) is 13.8 Å². The molecule has 0 amide bonds. The smallest absolute Gasteiger partial charge is 0.00943 e. The molecule has 0 bridgehead atoms. The molecule has 2 aromatic rings. The SMILES string of the molecule is Cc1ccc(P(CCCS)c2ccc(C)cc2)cc1. The van der Waals surface area contributed by atoms with Gasteiger partial charge in [-0.05, 0) is 50.7 Å². The molecule has 0 aromatic heterocycles. The Balaban J connectivity index is 2.29. The fourth-order valence-corrected chi connectivity index (χ4v) is 4.80. The molecule has 0 aliphatic carbocycles. The maximum atomic E-state index is 4.36. The van der Waals surface area contributed by atoms with Gasteiger partial charge in [-0.1, -0.05) is 59.7 Å². The lowest BCUT2D eigenvalue weighted by Crippen LogP contribution is -2.14. The van der Waals surface area contributed by atoms with E-state index in [0.29, 0.717) is 0 Å². The summed E-state index contributed by atoms with van der Waals surface area (Å²) in [7, 11) is -0.230. The molecule has 100 valence electrons. The van der Waals surface area contributed by atoms with Gasteiger partial charge in [-0.3, -0.25) is 0 Å². The quantitative estimate of drug-likeness (QED) is 0.622.